The van der Waals surface area contributed by atoms with Crippen LogP contribution in [0.25, 0.3) is 11.0 Å². The lowest BCUT2D eigenvalue weighted by molar-refractivity contribution is 0.0714. The van der Waals surface area contributed by atoms with Gasteiger partial charge in [-0.15, -0.1) is 0 Å². The first-order valence-electron chi connectivity index (χ1n) is 10.2. The number of carbonyl (C=O) groups excluding carboxylic acids is 1. The molecule has 0 saturated carbocycles. The van der Waals surface area contributed by atoms with Crippen LogP contribution in [0.5, 0.6) is 0 Å². The molecule has 4 nitrogen and oxygen atoms in total. The quantitative estimate of drug-likeness (QED) is 0.350. The van der Waals surface area contributed by atoms with Crippen molar-refractivity contribution in [3.63, 3.8) is 0 Å². The second kappa shape index (κ2) is 7.80. The Bertz CT molecular complexity index is 1440. The molecule has 1 aliphatic rings. The van der Waals surface area contributed by atoms with Crippen molar-refractivity contribution in [2.45, 2.75) is 26.4 Å². The standard InChI is InChI=1S/C26H19Cl2NO3/c1-14-3-6-16(7-4-14)13-29-23(17-8-9-19(27)20(28)12-17)22-24(30)18-11-15(2)5-10-21(18)32-25(22)26(29)31/h3-12,23H,13H2,1-2H3/t23-/m1/s1. The number of aryl methyl sites for hydroxylation is 2. The molecule has 0 aliphatic carbocycles. The first-order chi connectivity index (χ1) is 15.3. The lowest BCUT2D eigenvalue weighted by Gasteiger charge is -2.25. The van der Waals surface area contributed by atoms with Crippen LogP contribution in [0.3, 0.4) is 0 Å². The Hall–Kier alpha value is -3.08. The molecule has 0 radical (unpaired) electrons. The van der Waals surface area contributed by atoms with Crippen molar-refractivity contribution in [2.24, 2.45) is 0 Å². The molecule has 1 amide bonds. The van der Waals surface area contributed by atoms with Gasteiger partial charge in [-0.1, -0.05) is 70.7 Å². The van der Waals surface area contributed by atoms with Gasteiger partial charge in [-0.05, 0) is 49.2 Å². The Balaban J connectivity index is 1.73. The van der Waals surface area contributed by atoms with E-state index in [1.807, 2.05) is 44.2 Å². The van der Waals surface area contributed by atoms with E-state index >= 15 is 0 Å². The third-order valence-electron chi connectivity index (χ3n) is 5.85. The molecule has 1 aromatic heterocycles. The summed E-state index contributed by atoms with van der Waals surface area (Å²) in [5.74, 6) is -0.245. The monoisotopic (exact) mass is 463 g/mol. The van der Waals surface area contributed by atoms with E-state index in [9.17, 15) is 9.59 Å². The number of benzene rings is 3. The molecule has 0 N–H and O–H groups in total. The SMILES string of the molecule is Cc1ccc(CN2C(=O)c3oc4ccc(C)cc4c(=O)c3[C@H]2c2ccc(Cl)c(Cl)c2)cc1. The van der Waals surface area contributed by atoms with Gasteiger partial charge >= 0.3 is 0 Å². The highest BCUT2D eigenvalue weighted by molar-refractivity contribution is 6.42. The fourth-order valence-corrected chi connectivity index (χ4v) is 4.52. The van der Waals surface area contributed by atoms with E-state index in [0.29, 0.717) is 38.7 Å². The van der Waals surface area contributed by atoms with Gasteiger partial charge in [0.2, 0.25) is 5.76 Å². The van der Waals surface area contributed by atoms with Crippen LogP contribution < -0.4 is 5.43 Å². The molecular weight excluding hydrogens is 445 g/mol. The molecule has 0 unspecified atom stereocenters. The summed E-state index contributed by atoms with van der Waals surface area (Å²) in [4.78, 5) is 28.8. The molecule has 4 aromatic rings. The molecule has 3 aromatic carbocycles. The summed E-state index contributed by atoms with van der Waals surface area (Å²) < 4.78 is 5.99. The number of amides is 1. The van der Waals surface area contributed by atoms with Gasteiger partial charge in [-0.3, -0.25) is 9.59 Å². The maximum Gasteiger partial charge on any atom is 0.291 e. The minimum atomic E-state index is -0.630. The highest BCUT2D eigenvalue weighted by atomic mass is 35.5. The maximum absolute atomic E-state index is 13.6. The molecule has 6 heteroatoms. The topological polar surface area (TPSA) is 50.5 Å². The molecule has 0 fully saturated rings. The van der Waals surface area contributed by atoms with E-state index in [-0.39, 0.29) is 17.1 Å². The fourth-order valence-electron chi connectivity index (χ4n) is 4.22. The average molecular weight is 464 g/mol. The second-order valence-electron chi connectivity index (χ2n) is 8.17. The molecule has 0 bridgehead atoms. The second-order valence-corrected chi connectivity index (χ2v) is 8.98. The van der Waals surface area contributed by atoms with Crippen molar-refractivity contribution in [1.29, 1.82) is 0 Å². The van der Waals surface area contributed by atoms with E-state index in [2.05, 4.69) is 0 Å². The highest BCUT2D eigenvalue weighted by Gasteiger charge is 2.42. The van der Waals surface area contributed by atoms with Crippen LogP contribution in [0.15, 0.2) is 69.9 Å². The van der Waals surface area contributed by atoms with Gasteiger partial charge in [-0.25, -0.2) is 0 Å². The molecule has 1 aliphatic heterocycles. The summed E-state index contributed by atoms with van der Waals surface area (Å²) in [6.07, 6.45) is 0. The Kier molecular flexibility index (Phi) is 5.07. The van der Waals surface area contributed by atoms with Gasteiger partial charge in [0.05, 0.1) is 27.0 Å². The minimum absolute atomic E-state index is 0.0783. The van der Waals surface area contributed by atoms with E-state index < -0.39 is 6.04 Å². The number of rotatable bonds is 3. The van der Waals surface area contributed by atoms with Gasteiger partial charge < -0.3 is 9.32 Å². The molecule has 0 spiro atoms. The number of hydrogen-bond donors (Lipinski definition) is 0. The van der Waals surface area contributed by atoms with Crippen molar-refractivity contribution >= 4 is 40.1 Å². The molecule has 160 valence electrons. The van der Waals surface area contributed by atoms with Crippen LogP contribution in [0.1, 0.15) is 44.4 Å². The van der Waals surface area contributed by atoms with Crippen LogP contribution in [-0.2, 0) is 6.54 Å². The Morgan fingerprint density at radius 2 is 1.59 bits per heavy atom. The van der Waals surface area contributed by atoms with E-state index in [1.165, 1.54) is 0 Å². The Morgan fingerprint density at radius 3 is 2.31 bits per heavy atom. The van der Waals surface area contributed by atoms with Crippen LogP contribution in [0, 0.1) is 13.8 Å². The first-order valence-corrected chi connectivity index (χ1v) is 11.0. The van der Waals surface area contributed by atoms with Gasteiger partial charge in [0, 0.05) is 6.54 Å². The predicted molar refractivity (Wildman–Crippen MR) is 127 cm³/mol. The lowest BCUT2D eigenvalue weighted by Crippen LogP contribution is -2.29. The van der Waals surface area contributed by atoms with Gasteiger partial charge in [0.1, 0.15) is 5.58 Å². The van der Waals surface area contributed by atoms with Crippen molar-refractivity contribution in [3.05, 3.63) is 115 Å². The normalized spacial score (nSPS) is 15.4. The van der Waals surface area contributed by atoms with Crippen LogP contribution in [-0.4, -0.2) is 10.8 Å². The van der Waals surface area contributed by atoms with Crippen LogP contribution >= 0.6 is 23.2 Å². The zero-order chi connectivity index (χ0) is 22.6. The van der Waals surface area contributed by atoms with Crippen LogP contribution in [0.2, 0.25) is 10.0 Å². The smallest absolute Gasteiger partial charge is 0.291 e. The number of nitrogens with zero attached hydrogens (tertiary/aromatic N) is 1. The Morgan fingerprint density at radius 1 is 0.875 bits per heavy atom. The summed E-state index contributed by atoms with van der Waals surface area (Å²) in [7, 11) is 0. The fraction of sp³-hybridized carbons (Fsp3) is 0.154. The molecule has 2 heterocycles. The third-order valence-corrected chi connectivity index (χ3v) is 6.59. The zero-order valence-corrected chi connectivity index (χ0v) is 19.0. The molecular formula is C26H19Cl2NO3. The largest absolute Gasteiger partial charge is 0.450 e. The molecule has 1 atom stereocenters. The summed E-state index contributed by atoms with van der Waals surface area (Å²) in [5.41, 5.74) is 4.26. The van der Waals surface area contributed by atoms with Crippen molar-refractivity contribution in [2.75, 3.05) is 0 Å². The van der Waals surface area contributed by atoms with Crippen molar-refractivity contribution in [3.8, 4) is 0 Å². The van der Waals surface area contributed by atoms with E-state index in [0.717, 1.165) is 16.7 Å². The summed E-state index contributed by atoms with van der Waals surface area (Å²) in [6.45, 7) is 4.25. The van der Waals surface area contributed by atoms with E-state index in [4.69, 9.17) is 27.6 Å². The summed E-state index contributed by atoms with van der Waals surface area (Å²) in [5, 5.41) is 1.23. The number of carbonyl (C=O) groups is 1. The Labute approximate surface area is 195 Å². The lowest BCUT2D eigenvalue weighted by atomic mass is 9.98. The van der Waals surface area contributed by atoms with Gasteiger partial charge in [0.25, 0.3) is 5.91 Å². The maximum atomic E-state index is 13.6. The average Bonchev–Trinajstić information content (AvgIpc) is 3.04. The van der Waals surface area contributed by atoms with Crippen molar-refractivity contribution < 1.29 is 9.21 Å². The zero-order valence-electron chi connectivity index (χ0n) is 17.5. The molecule has 0 saturated heterocycles. The molecule has 5 rings (SSSR count). The molecule has 32 heavy (non-hydrogen) atoms. The third kappa shape index (κ3) is 3.40. The minimum Gasteiger partial charge on any atom is -0.450 e. The number of halogens is 2. The number of hydrogen-bond acceptors (Lipinski definition) is 3. The highest BCUT2D eigenvalue weighted by Crippen LogP contribution is 2.40. The van der Waals surface area contributed by atoms with Crippen molar-refractivity contribution in [1.82, 2.24) is 4.90 Å². The summed E-state index contributed by atoms with van der Waals surface area (Å²) >= 11 is 12.4. The van der Waals surface area contributed by atoms with E-state index in [1.54, 1.807) is 35.2 Å². The van der Waals surface area contributed by atoms with Gasteiger partial charge in [-0.2, -0.15) is 0 Å². The first kappa shape index (κ1) is 20.8. The van der Waals surface area contributed by atoms with Crippen LogP contribution in [0.4, 0.5) is 0 Å². The predicted octanol–water partition coefficient (Wildman–Crippen LogP) is 6.46. The summed E-state index contributed by atoms with van der Waals surface area (Å²) in [6, 6.07) is 17.9. The number of fused-ring (bicyclic) bond motifs is 2. The van der Waals surface area contributed by atoms with Gasteiger partial charge in [0.15, 0.2) is 5.43 Å².